The van der Waals surface area contributed by atoms with Gasteiger partial charge in [0, 0.05) is 17.5 Å². The number of carboxylic acid groups (broad SMARTS) is 1. The predicted molar refractivity (Wildman–Crippen MR) is 127 cm³/mol. The van der Waals surface area contributed by atoms with Crippen LogP contribution in [-0.4, -0.2) is 45.5 Å². The molecule has 1 atom stereocenters. The highest BCUT2D eigenvalue weighted by atomic mass is 35.5. The summed E-state index contributed by atoms with van der Waals surface area (Å²) in [7, 11) is 0. The van der Waals surface area contributed by atoms with Gasteiger partial charge in [-0.2, -0.15) is 0 Å². The molecule has 11 heteroatoms. The van der Waals surface area contributed by atoms with Crippen LogP contribution in [0.5, 0.6) is 5.75 Å². The van der Waals surface area contributed by atoms with Crippen molar-refractivity contribution in [3.05, 3.63) is 57.1 Å². The Labute approximate surface area is 202 Å². The van der Waals surface area contributed by atoms with Crippen molar-refractivity contribution < 1.29 is 24.6 Å². The average molecular weight is 508 g/mol. The number of benzene rings is 2. The molecule has 0 aliphatic carbocycles. The van der Waals surface area contributed by atoms with Gasteiger partial charge in [0.25, 0.3) is 11.8 Å². The SMILES string of the molecule is NC(=O)c1c(NC(=O)c2ccc(CN3CCC[C@@H]3C(=O)O)cc2)sc2c(Cl)c(O)c(Cl)cc12. The third kappa shape index (κ3) is 4.49. The molecule has 0 spiro atoms. The first-order chi connectivity index (χ1) is 15.7. The standard InChI is InChI=1S/C22H19Cl2N3O5S/c23-13-8-12-15(19(25)29)21(33-18(12)16(24)17(13)28)26-20(30)11-5-3-10(4-6-11)9-27-7-1-2-14(27)22(31)32/h3-6,8,14,28H,1-2,7,9H2,(H2,25,29)(H,26,30)(H,31,32)/t14-/m1/s1. The van der Waals surface area contributed by atoms with E-state index in [4.69, 9.17) is 28.9 Å². The monoisotopic (exact) mass is 507 g/mol. The fourth-order valence-corrected chi connectivity index (χ4v) is 5.64. The second-order valence-corrected chi connectivity index (χ2v) is 9.49. The number of carbonyl (C=O) groups excluding carboxylic acids is 2. The number of rotatable bonds is 6. The molecule has 1 aromatic heterocycles. The minimum Gasteiger partial charge on any atom is -0.505 e. The number of hydrogen-bond donors (Lipinski definition) is 4. The number of nitrogens with two attached hydrogens (primary N) is 1. The molecule has 172 valence electrons. The summed E-state index contributed by atoms with van der Waals surface area (Å²) in [5, 5.41) is 22.5. The fourth-order valence-electron chi connectivity index (χ4n) is 3.95. The average Bonchev–Trinajstić information content (AvgIpc) is 3.37. The van der Waals surface area contributed by atoms with Gasteiger partial charge >= 0.3 is 5.97 Å². The Bertz CT molecular complexity index is 1280. The highest BCUT2D eigenvalue weighted by Crippen LogP contribution is 2.46. The van der Waals surface area contributed by atoms with Crippen molar-refractivity contribution in [2.24, 2.45) is 5.73 Å². The van der Waals surface area contributed by atoms with Gasteiger partial charge in [0.1, 0.15) is 16.1 Å². The van der Waals surface area contributed by atoms with Gasteiger partial charge in [0.15, 0.2) is 5.75 Å². The van der Waals surface area contributed by atoms with Crippen LogP contribution in [0, 0.1) is 0 Å². The van der Waals surface area contributed by atoms with Gasteiger partial charge in [-0.25, -0.2) is 0 Å². The van der Waals surface area contributed by atoms with Crippen LogP contribution in [0.4, 0.5) is 5.00 Å². The Morgan fingerprint density at radius 2 is 1.91 bits per heavy atom. The van der Waals surface area contributed by atoms with Crippen LogP contribution in [0.15, 0.2) is 30.3 Å². The lowest BCUT2D eigenvalue weighted by Crippen LogP contribution is -2.35. The Morgan fingerprint density at radius 1 is 1.21 bits per heavy atom. The van der Waals surface area contributed by atoms with Crippen molar-refractivity contribution in [1.82, 2.24) is 4.90 Å². The number of aliphatic carboxylic acids is 1. The normalized spacial score (nSPS) is 16.2. The van der Waals surface area contributed by atoms with Crippen LogP contribution >= 0.6 is 34.5 Å². The Kier molecular flexibility index (Phi) is 6.49. The van der Waals surface area contributed by atoms with E-state index in [0.29, 0.717) is 35.2 Å². The molecular weight excluding hydrogens is 489 g/mol. The van der Waals surface area contributed by atoms with Crippen molar-refractivity contribution in [2.45, 2.75) is 25.4 Å². The zero-order valence-corrected chi connectivity index (χ0v) is 19.4. The number of fused-ring (bicyclic) bond motifs is 1. The number of phenolic OH excluding ortho intramolecular Hbond substituents is 1. The van der Waals surface area contributed by atoms with E-state index in [2.05, 4.69) is 5.32 Å². The van der Waals surface area contributed by atoms with E-state index >= 15 is 0 Å². The first-order valence-corrected chi connectivity index (χ1v) is 11.5. The Balaban J connectivity index is 1.56. The highest BCUT2D eigenvalue weighted by Gasteiger charge is 2.30. The summed E-state index contributed by atoms with van der Waals surface area (Å²) in [6, 6.07) is 7.67. The Morgan fingerprint density at radius 3 is 2.55 bits per heavy atom. The number of nitrogens with one attached hydrogen (secondary N) is 1. The number of phenols is 1. The number of carboxylic acids is 1. The second-order valence-electron chi connectivity index (χ2n) is 7.69. The summed E-state index contributed by atoms with van der Waals surface area (Å²) in [5.74, 6) is -2.39. The lowest BCUT2D eigenvalue weighted by molar-refractivity contribution is -0.142. The van der Waals surface area contributed by atoms with E-state index in [0.717, 1.165) is 23.3 Å². The zero-order chi connectivity index (χ0) is 23.9. The molecule has 0 unspecified atom stereocenters. The van der Waals surface area contributed by atoms with Gasteiger partial charge in [-0.3, -0.25) is 19.3 Å². The molecule has 2 heterocycles. The smallest absolute Gasteiger partial charge is 0.320 e. The summed E-state index contributed by atoms with van der Waals surface area (Å²) in [6.07, 6.45) is 1.46. The van der Waals surface area contributed by atoms with Gasteiger partial charge in [-0.15, -0.1) is 11.3 Å². The van der Waals surface area contributed by atoms with Crippen molar-refractivity contribution >= 4 is 67.4 Å². The minimum absolute atomic E-state index is 0.0311. The Hall–Kier alpha value is -2.85. The maximum Gasteiger partial charge on any atom is 0.320 e. The van der Waals surface area contributed by atoms with Crippen LogP contribution in [0.2, 0.25) is 10.0 Å². The van der Waals surface area contributed by atoms with Gasteiger partial charge in [0.05, 0.1) is 15.3 Å². The molecule has 1 aliphatic heterocycles. The molecule has 33 heavy (non-hydrogen) atoms. The lowest BCUT2D eigenvalue weighted by Gasteiger charge is -2.21. The number of halogens is 2. The van der Waals surface area contributed by atoms with Crippen molar-refractivity contribution in [1.29, 1.82) is 0 Å². The van der Waals surface area contributed by atoms with Gasteiger partial charge in [-0.05, 0) is 43.1 Å². The summed E-state index contributed by atoms with van der Waals surface area (Å²) < 4.78 is 0.372. The number of likely N-dealkylation sites (tertiary alicyclic amines) is 1. The molecule has 0 radical (unpaired) electrons. The van der Waals surface area contributed by atoms with E-state index in [1.165, 1.54) is 6.07 Å². The van der Waals surface area contributed by atoms with E-state index in [-0.39, 0.29) is 26.4 Å². The number of primary amides is 1. The molecule has 3 aromatic rings. The predicted octanol–water partition coefficient (Wildman–Crippen LogP) is 4.31. The lowest BCUT2D eigenvalue weighted by atomic mass is 10.1. The van der Waals surface area contributed by atoms with Gasteiger partial charge in [0.2, 0.25) is 0 Å². The van der Waals surface area contributed by atoms with Crippen molar-refractivity contribution in [3.63, 3.8) is 0 Å². The van der Waals surface area contributed by atoms with E-state index in [1.54, 1.807) is 24.3 Å². The summed E-state index contributed by atoms with van der Waals surface area (Å²) >= 11 is 13.1. The zero-order valence-electron chi connectivity index (χ0n) is 17.1. The number of aromatic hydroxyl groups is 1. The van der Waals surface area contributed by atoms with Crippen molar-refractivity contribution in [3.8, 4) is 5.75 Å². The minimum atomic E-state index is -0.827. The summed E-state index contributed by atoms with van der Waals surface area (Å²) in [4.78, 5) is 38.2. The number of amides is 2. The molecular formula is C22H19Cl2N3O5S. The molecule has 0 saturated carbocycles. The number of thiophene rings is 1. The largest absolute Gasteiger partial charge is 0.505 e. The molecule has 4 rings (SSSR count). The van der Waals surface area contributed by atoms with E-state index in [9.17, 15) is 24.6 Å². The number of carbonyl (C=O) groups is 3. The fraction of sp³-hybridized carbons (Fsp3) is 0.227. The van der Waals surface area contributed by atoms with Crippen molar-refractivity contribution in [2.75, 3.05) is 11.9 Å². The molecule has 1 aliphatic rings. The van der Waals surface area contributed by atoms with Crippen LogP contribution in [-0.2, 0) is 11.3 Å². The summed E-state index contributed by atoms with van der Waals surface area (Å²) in [6.45, 7) is 1.19. The van der Waals surface area contributed by atoms with E-state index < -0.39 is 23.8 Å². The molecule has 5 N–H and O–H groups in total. The van der Waals surface area contributed by atoms with Crippen LogP contribution in [0.3, 0.4) is 0 Å². The third-order valence-electron chi connectivity index (χ3n) is 5.57. The topological polar surface area (TPSA) is 133 Å². The molecule has 8 nitrogen and oxygen atoms in total. The maximum absolute atomic E-state index is 12.8. The molecule has 1 fully saturated rings. The van der Waals surface area contributed by atoms with Crippen LogP contribution in [0.1, 0.15) is 39.1 Å². The van der Waals surface area contributed by atoms with Crippen LogP contribution in [0.25, 0.3) is 10.1 Å². The molecule has 2 aromatic carbocycles. The second kappa shape index (κ2) is 9.18. The third-order valence-corrected chi connectivity index (χ3v) is 7.48. The van der Waals surface area contributed by atoms with Gasteiger partial charge < -0.3 is 21.3 Å². The molecule has 2 amide bonds. The first kappa shape index (κ1) is 23.3. The number of nitrogens with zero attached hydrogens (tertiary/aromatic N) is 1. The molecule has 1 saturated heterocycles. The van der Waals surface area contributed by atoms with Gasteiger partial charge in [-0.1, -0.05) is 35.3 Å². The summed E-state index contributed by atoms with van der Waals surface area (Å²) in [5.41, 5.74) is 6.81. The molecule has 0 bridgehead atoms. The first-order valence-electron chi connectivity index (χ1n) is 9.97. The maximum atomic E-state index is 12.8. The number of hydrogen-bond acceptors (Lipinski definition) is 6. The van der Waals surface area contributed by atoms with Crippen LogP contribution < -0.4 is 11.1 Å². The quantitative estimate of drug-likeness (QED) is 0.392. The number of anilines is 1. The van der Waals surface area contributed by atoms with E-state index in [1.807, 2.05) is 4.90 Å². The highest BCUT2D eigenvalue weighted by molar-refractivity contribution is 7.24.